The molecule has 1 saturated heterocycles. The summed E-state index contributed by atoms with van der Waals surface area (Å²) in [5, 5.41) is 3.10. The van der Waals surface area contributed by atoms with Gasteiger partial charge >= 0.3 is 0 Å². The lowest BCUT2D eigenvalue weighted by Gasteiger charge is -2.29. The molecule has 0 saturated carbocycles. The second kappa shape index (κ2) is 9.11. The molecule has 132 valence electrons. The summed E-state index contributed by atoms with van der Waals surface area (Å²) in [5.74, 6) is 0.722. The van der Waals surface area contributed by atoms with Gasteiger partial charge in [-0.05, 0) is 31.9 Å². The predicted molar refractivity (Wildman–Crippen MR) is 101 cm³/mol. The Balaban J connectivity index is 2.08. The fourth-order valence-electron chi connectivity index (χ4n) is 2.89. The predicted octanol–water partition coefficient (Wildman–Crippen LogP) is 4.19. The second-order valence-corrected chi connectivity index (χ2v) is 7.56. The second-order valence-electron chi connectivity index (χ2n) is 6.35. The molecule has 0 spiro atoms. The highest BCUT2D eigenvalue weighted by Crippen LogP contribution is 2.33. The third-order valence-electron chi connectivity index (χ3n) is 4.28. The fraction of sp³-hybridized carbons (Fsp3) is 0.579. The van der Waals surface area contributed by atoms with Crippen LogP contribution in [0.25, 0.3) is 0 Å². The lowest BCUT2D eigenvalue weighted by Crippen LogP contribution is -2.47. The van der Waals surface area contributed by atoms with Gasteiger partial charge in [-0.1, -0.05) is 44.4 Å². The molecule has 1 N–H and O–H groups in total. The summed E-state index contributed by atoms with van der Waals surface area (Å²) in [6, 6.07) is 7.40. The molecule has 1 aliphatic heterocycles. The molecular formula is C19H28N2O2S. The number of carbonyl (C=O) groups excluding carboxylic acids is 2. The van der Waals surface area contributed by atoms with Crippen LogP contribution in [0.3, 0.4) is 0 Å². The van der Waals surface area contributed by atoms with Crippen molar-refractivity contribution < 1.29 is 9.59 Å². The molecule has 0 radical (unpaired) electrons. The minimum atomic E-state index is -0.364. The molecule has 0 bridgehead atoms. The number of anilines is 1. The van der Waals surface area contributed by atoms with Gasteiger partial charge in [-0.2, -0.15) is 0 Å². The Bertz CT molecular complexity index is 559. The van der Waals surface area contributed by atoms with E-state index in [0.29, 0.717) is 12.2 Å². The van der Waals surface area contributed by atoms with Gasteiger partial charge < -0.3 is 10.2 Å². The summed E-state index contributed by atoms with van der Waals surface area (Å²) in [6.07, 6.45) is 4.36. The van der Waals surface area contributed by atoms with Crippen molar-refractivity contribution >= 4 is 29.3 Å². The quantitative estimate of drug-likeness (QED) is 0.803. The maximum Gasteiger partial charge on any atom is 0.248 e. The maximum absolute atomic E-state index is 12.7. The average Bonchev–Trinajstić information content (AvgIpc) is 2.99. The molecule has 1 aromatic carbocycles. The van der Waals surface area contributed by atoms with Crippen LogP contribution in [-0.4, -0.2) is 33.9 Å². The van der Waals surface area contributed by atoms with E-state index in [0.717, 1.165) is 36.9 Å². The van der Waals surface area contributed by atoms with Gasteiger partial charge in [-0.3, -0.25) is 9.59 Å². The first-order valence-corrected chi connectivity index (χ1v) is 9.92. The summed E-state index contributed by atoms with van der Waals surface area (Å²) < 4.78 is 0. The van der Waals surface area contributed by atoms with Crippen LogP contribution < -0.4 is 5.32 Å². The minimum absolute atomic E-state index is 0.0743. The molecule has 24 heavy (non-hydrogen) atoms. The summed E-state index contributed by atoms with van der Waals surface area (Å²) in [7, 11) is 0. The lowest BCUT2D eigenvalue weighted by atomic mass is 10.1. The number of nitrogens with one attached hydrogen (secondary N) is 1. The molecule has 1 heterocycles. The van der Waals surface area contributed by atoms with Gasteiger partial charge in [0.1, 0.15) is 6.04 Å². The zero-order valence-electron chi connectivity index (χ0n) is 14.9. The Morgan fingerprint density at radius 2 is 1.92 bits per heavy atom. The van der Waals surface area contributed by atoms with Crippen LogP contribution in [0.2, 0.25) is 0 Å². The molecular weight excluding hydrogens is 320 g/mol. The van der Waals surface area contributed by atoms with Crippen molar-refractivity contribution in [3.63, 3.8) is 0 Å². The van der Waals surface area contributed by atoms with E-state index in [1.165, 1.54) is 0 Å². The van der Waals surface area contributed by atoms with Crippen LogP contribution in [0.5, 0.6) is 0 Å². The Labute approximate surface area is 149 Å². The monoisotopic (exact) mass is 348 g/mol. The Morgan fingerprint density at radius 3 is 2.54 bits per heavy atom. The van der Waals surface area contributed by atoms with E-state index in [9.17, 15) is 9.59 Å². The maximum atomic E-state index is 12.7. The number of hydrogen-bond donors (Lipinski definition) is 1. The van der Waals surface area contributed by atoms with E-state index in [1.54, 1.807) is 11.8 Å². The van der Waals surface area contributed by atoms with Crippen molar-refractivity contribution in [3.8, 4) is 0 Å². The Kier molecular flexibility index (Phi) is 7.16. The van der Waals surface area contributed by atoms with E-state index < -0.39 is 0 Å². The standard InChI is InChI=1S/C19H28N2O2S/c1-4-6-8-17(22)21-16(13-24-18(21)7-5-2)19(23)20-15-11-9-14(3)10-12-15/h9-12,16,18H,4-8,13H2,1-3H3,(H,20,23)/t16-,18+/m1/s1. The molecule has 1 fully saturated rings. The Morgan fingerprint density at radius 1 is 1.21 bits per heavy atom. The molecule has 0 aliphatic carbocycles. The number of thioether (sulfide) groups is 1. The summed E-state index contributed by atoms with van der Waals surface area (Å²) in [5.41, 5.74) is 1.94. The molecule has 5 heteroatoms. The van der Waals surface area contributed by atoms with Crippen molar-refractivity contribution in [2.45, 2.75) is 64.3 Å². The first kappa shape index (κ1) is 18.8. The summed E-state index contributed by atoms with van der Waals surface area (Å²) in [4.78, 5) is 27.2. The molecule has 2 amide bonds. The molecule has 1 aliphatic rings. The highest BCUT2D eigenvalue weighted by molar-refractivity contribution is 8.00. The molecule has 1 aromatic rings. The van der Waals surface area contributed by atoms with E-state index >= 15 is 0 Å². The number of unbranched alkanes of at least 4 members (excludes halogenated alkanes) is 1. The number of hydrogen-bond acceptors (Lipinski definition) is 3. The van der Waals surface area contributed by atoms with Crippen molar-refractivity contribution in [1.82, 2.24) is 4.90 Å². The number of benzene rings is 1. The van der Waals surface area contributed by atoms with E-state index in [4.69, 9.17) is 0 Å². The zero-order chi connectivity index (χ0) is 17.5. The number of carbonyl (C=O) groups is 2. The van der Waals surface area contributed by atoms with Gasteiger partial charge in [-0.25, -0.2) is 0 Å². The molecule has 2 atom stereocenters. The normalized spacial score (nSPS) is 20.2. The van der Waals surface area contributed by atoms with E-state index in [-0.39, 0.29) is 23.2 Å². The SMILES string of the molecule is CCCCC(=O)N1[C@H](CCC)SC[C@@H]1C(=O)Nc1ccc(C)cc1. The largest absolute Gasteiger partial charge is 0.324 e. The van der Waals surface area contributed by atoms with Gasteiger partial charge in [0.05, 0.1) is 5.37 Å². The minimum Gasteiger partial charge on any atom is -0.324 e. The zero-order valence-corrected chi connectivity index (χ0v) is 15.7. The molecule has 2 rings (SSSR count). The number of aryl methyl sites for hydroxylation is 1. The van der Waals surface area contributed by atoms with Crippen molar-refractivity contribution in [2.75, 3.05) is 11.1 Å². The summed E-state index contributed by atoms with van der Waals surface area (Å²) in [6.45, 7) is 6.22. The van der Waals surface area contributed by atoms with E-state index in [2.05, 4.69) is 19.2 Å². The van der Waals surface area contributed by atoms with Crippen molar-refractivity contribution in [1.29, 1.82) is 0 Å². The van der Waals surface area contributed by atoms with Gasteiger partial charge in [-0.15, -0.1) is 11.8 Å². The van der Waals surface area contributed by atoms with Crippen LogP contribution in [0.1, 0.15) is 51.5 Å². The summed E-state index contributed by atoms with van der Waals surface area (Å²) >= 11 is 1.73. The van der Waals surface area contributed by atoms with Gasteiger partial charge in [0.15, 0.2) is 0 Å². The molecule has 0 unspecified atom stereocenters. The fourth-order valence-corrected chi connectivity index (χ4v) is 4.43. The lowest BCUT2D eigenvalue weighted by molar-refractivity contribution is -0.138. The van der Waals surface area contributed by atoms with Crippen LogP contribution in [0.15, 0.2) is 24.3 Å². The molecule has 0 aromatic heterocycles. The highest BCUT2D eigenvalue weighted by atomic mass is 32.2. The number of rotatable bonds is 7. The van der Waals surface area contributed by atoms with Gasteiger partial charge in [0.25, 0.3) is 0 Å². The topological polar surface area (TPSA) is 49.4 Å². The van der Waals surface area contributed by atoms with Crippen molar-refractivity contribution in [3.05, 3.63) is 29.8 Å². The Hall–Kier alpha value is -1.49. The van der Waals surface area contributed by atoms with Crippen LogP contribution in [0.4, 0.5) is 5.69 Å². The van der Waals surface area contributed by atoms with Gasteiger partial charge in [0, 0.05) is 17.9 Å². The van der Waals surface area contributed by atoms with Crippen LogP contribution >= 0.6 is 11.8 Å². The number of amides is 2. The van der Waals surface area contributed by atoms with Gasteiger partial charge in [0.2, 0.25) is 11.8 Å². The third kappa shape index (κ3) is 4.76. The van der Waals surface area contributed by atoms with Crippen LogP contribution in [-0.2, 0) is 9.59 Å². The number of nitrogens with zero attached hydrogens (tertiary/aromatic N) is 1. The first-order chi connectivity index (χ1) is 11.6. The first-order valence-electron chi connectivity index (χ1n) is 8.87. The van der Waals surface area contributed by atoms with Crippen molar-refractivity contribution in [2.24, 2.45) is 0 Å². The molecule has 4 nitrogen and oxygen atoms in total. The van der Waals surface area contributed by atoms with E-state index in [1.807, 2.05) is 36.1 Å². The third-order valence-corrected chi connectivity index (χ3v) is 5.64. The smallest absolute Gasteiger partial charge is 0.248 e. The van der Waals surface area contributed by atoms with Crippen LogP contribution in [0, 0.1) is 6.92 Å². The average molecular weight is 349 g/mol. The highest BCUT2D eigenvalue weighted by Gasteiger charge is 2.40.